The third kappa shape index (κ3) is 2.92. The van der Waals surface area contributed by atoms with Crippen molar-refractivity contribution in [1.82, 2.24) is 15.5 Å². The number of benzene rings is 1. The molecule has 2 aromatic rings. The lowest BCUT2D eigenvalue weighted by atomic mass is 10.2. The Kier molecular flexibility index (Phi) is 4.26. The third-order valence-electron chi connectivity index (χ3n) is 2.38. The van der Waals surface area contributed by atoms with Gasteiger partial charge in [-0.15, -0.1) is 10.2 Å². The second kappa shape index (κ2) is 5.77. The molecule has 1 heterocycles. The van der Waals surface area contributed by atoms with Crippen LogP contribution in [0.25, 0.3) is 0 Å². The molecule has 108 valence electrons. The number of nitrogens with one attached hydrogen (secondary N) is 2. The van der Waals surface area contributed by atoms with E-state index in [4.69, 9.17) is 0 Å². The highest BCUT2D eigenvalue weighted by atomic mass is 32.2. The predicted molar refractivity (Wildman–Crippen MR) is 69.8 cm³/mol. The minimum absolute atomic E-state index is 0.00360. The maximum atomic E-state index is 14.1. The molecule has 0 saturated heterocycles. The molecule has 0 atom stereocenters. The van der Waals surface area contributed by atoms with Gasteiger partial charge in [0.15, 0.2) is 5.82 Å². The lowest BCUT2D eigenvalue weighted by Gasteiger charge is -2.10. The zero-order valence-corrected chi connectivity index (χ0v) is 11.9. The largest absolute Gasteiger partial charge is 0.315 e. The molecule has 0 spiro atoms. The van der Waals surface area contributed by atoms with Crippen LogP contribution in [0.3, 0.4) is 0 Å². The van der Waals surface area contributed by atoms with Crippen LogP contribution in [-0.4, -0.2) is 25.7 Å². The molecule has 0 aliphatic carbocycles. The average molecular weight is 320 g/mol. The van der Waals surface area contributed by atoms with E-state index in [0.29, 0.717) is 0 Å². The van der Waals surface area contributed by atoms with Crippen LogP contribution in [0.15, 0.2) is 22.5 Å². The maximum Gasteiger partial charge on any atom is 0.266 e. The normalized spacial score (nSPS) is 11.6. The fourth-order valence-corrected chi connectivity index (χ4v) is 3.31. The number of halogens is 2. The fourth-order valence-electron chi connectivity index (χ4n) is 1.51. The number of aromatic nitrogens is 2. The molecule has 0 fully saturated rings. The lowest BCUT2D eigenvalue weighted by molar-refractivity contribution is 0.522. The minimum Gasteiger partial charge on any atom is -0.315 e. The van der Waals surface area contributed by atoms with Crippen molar-refractivity contribution < 1.29 is 17.2 Å². The van der Waals surface area contributed by atoms with E-state index in [9.17, 15) is 17.2 Å². The van der Waals surface area contributed by atoms with E-state index in [1.165, 1.54) is 12.6 Å². The quantitative estimate of drug-likeness (QED) is 0.868. The highest BCUT2D eigenvalue weighted by Gasteiger charge is 2.24. The topological polar surface area (TPSA) is 84.0 Å². The third-order valence-corrected chi connectivity index (χ3v) is 4.47. The summed E-state index contributed by atoms with van der Waals surface area (Å²) in [6, 6.07) is 1.78. The number of hydrogen-bond acceptors (Lipinski definition) is 6. The first kappa shape index (κ1) is 14.8. The maximum absolute atomic E-state index is 14.1. The van der Waals surface area contributed by atoms with Crippen LogP contribution in [0.2, 0.25) is 0 Å². The van der Waals surface area contributed by atoms with Gasteiger partial charge in [-0.1, -0.05) is 11.3 Å². The predicted octanol–water partition coefficient (Wildman–Crippen LogP) is 1.34. The Morgan fingerprint density at radius 3 is 2.70 bits per heavy atom. The van der Waals surface area contributed by atoms with Gasteiger partial charge < -0.3 is 5.32 Å². The van der Waals surface area contributed by atoms with E-state index < -0.39 is 26.6 Å². The van der Waals surface area contributed by atoms with Crippen LogP contribution in [0.1, 0.15) is 5.56 Å². The van der Waals surface area contributed by atoms with Gasteiger partial charge in [0.05, 0.1) is 0 Å². The minimum atomic E-state index is -4.18. The van der Waals surface area contributed by atoms with Crippen molar-refractivity contribution in [2.24, 2.45) is 0 Å². The molecule has 1 aromatic carbocycles. The van der Waals surface area contributed by atoms with Crippen molar-refractivity contribution in [3.8, 4) is 0 Å². The molecular formula is C10H10F2N4O2S2. The summed E-state index contributed by atoms with van der Waals surface area (Å²) in [7, 11) is -2.68. The van der Waals surface area contributed by atoms with Gasteiger partial charge in [0.25, 0.3) is 10.0 Å². The van der Waals surface area contributed by atoms with Crippen molar-refractivity contribution >= 4 is 26.5 Å². The van der Waals surface area contributed by atoms with E-state index in [-0.39, 0.29) is 17.2 Å². The van der Waals surface area contributed by atoms with Crippen LogP contribution in [0, 0.1) is 11.6 Å². The Bertz CT molecular complexity index is 704. The molecule has 0 unspecified atom stereocenters. The first-order valence-corrected chi connectivity index (χ1v) is 7.72. The number of anilines is 1. The van der Waals surface area contributed by atoms with Crippen molar-refractivity contribution in [3.63, 3.8) is 0 Å². The Labute approximate surface area is 117 Å². The smallest absolute Gasteiger partial charge is 0.266 e. The van der Waals surface area contributed by atoms with Crippen LogP contribution >= 0.6 is 11.3 Å². The molecule has 0 aliphatic heterocycles. The second-order valence-corrected chi connectivity index (χ2v) is 6.20. The Morgan fingerprint density at radius 1 is 1.35 bits per heavy atom. The van der Waals surface area contributed by atoms with Gasteiger partial charge in [-0.25, -0.2) is 17.2 Å². The summed E-state index contributed by atoms with van der Waals surface area (Å²) < 4.78 is 53.7. The zero-order chi connectivity index (χ0) is 14.8. The van der Waals surface area contributed by atoms with Crippen LogP contribution in [-0.2, 0) is 16.6 Å². The summed E-state index contributed by atoms with van der Waals surface area (Å²) >= 11 is 0.947. The number of nitrogens with zero attached hydrogens (tertiary/aromatic N) is 2. The standard InChI is InChI=1S/C10H10F2N4O2S2/c1-13-4-6-7(11)2-3-8(9(6)12)20(17,18)16-10-15-14-5-19-10/h2-3,5,13H,4H2,1H3,(H,15,16). The first-order valence-electron chi connectivity index (χ1n) is 5.36. The highest BCUT2D eigenvalue weighted by Crippen LogP contribution is 2.23. The number of sulfonamides is 1. The van der Waals surface area contributed by atoms with Gasteiger partial charge in [0.2, 0.25) is 5.13 Å². The monoisotopic (exact) mass is 320 g/mol. The van der Waals surface area contributed by atoms with Crippen molar-refractivity contribution in [3.05, 3.63) is 34.8 Å². The van der Waals surface area contributed by atoms with Gasteiger partial charge in [-0.3, -0.25) is 4.72 Å². The SMILES string of the molecule is CNCc1c(F)ccc(S(=O)(=O)Nc2nncs2)c1F. The summed E-state index contributed by atoms with van der Waals surface area (Å²) in [6.07, 6.45) is 0. The molecular weight excluding hydrogens is 310 g/mol. The first-order chi connectivity index (χ1) is 9.45. The van der Waals surface area contributed by atoms with Crippen LogP contribution in [0.4, 0.5) is 13.9 Å². The number of rotatable bonds is 5. The molecule has 1 aromatic heterocycles. The van der Waals surface area contributed by atoms with Gasteiger partial charge in [0, 0.05) is 12.1 Å². The second-order valence-electron chi connectivity index (χ2n) is 3.72. The molecule has 20 heavy (non-hydrogen) atoms. The molecule has 2 rings (SSSR count). The molecule has 0 aliphatic rings. The molecule has 6 nitrogen and oxygen atoms in total. The summed E-state index contributed by atoms with van der Waals surface area (Å²) in [5, 5.41) is 9.54. The summed E-state index contributed by atoms with van der Waals surface area (Å²) in [5.74, 6) is -1.94. The van der Waals surface area contributed by atoms with E-state index in [1.807, 2.05) is 0 Å². The molecule has 0 bridgehead atoms. The van der Waals surface area contributed by atoms with E-state index >= 15 is 0 Å². The number of hydrogen-bond donors (Lipinski definition) is 2. The summed E-state index contributed by atoms with van der Waals surface area (Å²) in [6.45, 7) is -0.125. The Morgan fingerprint density at radius 2 is 2.10 bits per heavy atom. The van der Waals surface area contributed by atoms with Gasteiger partial charge in [-0.05, 0) is 19.2 Å². The lowest BCUT2D eigenvalue weighted by Crippen LogP contribution is -2.17. The van der Waals surface area contributed by atoms with Crippen LogP contribution in [0.5, 0.6) is 0 Å². The van der Waals surface area contributed by atoms with Crippen molar-refractivity contribution in [1.29, 1.82) is 0 Å². The Hall–Kier alpha value is -1.65. The molecule has 0 radical (unpaired) electrons. The van der Waals surface area contributed by atoms with Gasteiger partial charge in [-0.2, -0.15) is 0 Å². The summed E-state index contributed by atoms with van der Waals surface area (Å²) in [5.41, 5.74) is 0.985. The zero-order valence-electron chi connectivity index (χ0n) is 10.2. The fraction of sp³-hybridized carbons (Fsp3) is 0.200. The van der Waals surface area contributed by atoms with Crippen LogP contribution < -0.4 is 10.0 Å². The van der Waals surface area contributed by atoms with Crippen molar-refractivity contribution in [2.45, 2.75) is 11.4 Å². The molecule has 2 N–H and O–H groups in total. The molecule has 0 saturated carbocycles. The Balaban J connectivity index is 2.44. The average Bonchev–Trinajstić information content (AvgIpc) is 2.86. The van der Waals surface area contributed by atoms with E-state index in [0.717, 1.165) is 23.5 Å². The molecule has 0 amide bonds. The van der Waals surface area contributed by atoms with Gasteiger partial charge in [0.1, 0.15) is 16.2 Å². The van der Waals surface area contributed by atoms with E-state index in [1.54, 1.807) is 0 Å². The summed E-state index contributed by atoms with van der Waals surface area (Å²) in [4.78, 5) is -0.639. The van der Waals surface area contributed by atoms with E-state index in [2.05, 4.69) is 20.2 Å². The van der Waals surface area contributed by atoms with Gasteiger partial charge >= 0.3 is 0 Å². The molecule has 10 heteroatoms. The van der Waals surface area contributed by atoms with Crippen molar-refractivity contribution in [2.75, 3.05) is 11.8 Å². The highest BCUT2D eigenvalue weighted by molar-refractivity contribution is 7.93.